The van der Waals surface area contributed by atoms with E-state index in [1.807, 2.05) is 11.6 Å². The molecule has 1 aliphatic carbocycles. The zero-order chi connectivity index (χ0) is 16.4. The third kappa shape index (κ3) is 3.34. The molecular weight excluding hydrogens is 314 g/mol. The van der Waals surface area contributed by atoms with Gasteiger partial charge in [0.1, 0.15) is 5.82 Å². The van der Waals surface area contributed by atoms with Gasteiger partial charge in [0.05, 0.1) is 20.0 Å². The summed E-state index contributed by atoms with van der Waals surface area (Å²) in [4.78, 5) is 12.4. The highest BCUT2D eigenvalue weighted by Crippen LogP contribution is 2.39. The van der Waals surface area contributed by atoms with Crippen molar-refractivity contribution >= 4 is 17.5 Å². The summed E-state index contributed by atoms with van der Waals surface area (Å²) in [6.07, 6.45) is 2.36. The summed E-state index contributed by atoms with van der Waals surface area (Å²) in [6, 6.07) is 5.19. The molecule has 0 radical (unpaired) electrons. The molecular formula is C16H19N3O3S. The topological polar surface area (TPSA) is 66.2 Å². The van der Waals surface area contributed by atoms with E-state index in [1.165, 1.54) is 24.6 Å². The van der Waals surface area contributed by atoms with Crippen molar-refractivity contribution in [3.63, 3.8) is 0 Å². The molecule has 0 spiro atoms. The smallest absolute Gasteiger partial charge is 0.191 e. The normalized spacial score (nSPS) is 13.9. The Bertz CT molecular complexity index is 725. The fraction of sp³-hybridized carbons (Fsp3) is 0.438. The summed E-state index contributed by atoms with van der Waals surface area (Å²) < 4.78 is 12.4. The van der Waals surface area contributed by atoms with Crippen LogP contribution in [0.1, 0.15) is 34.9 Å². The fourth-order valence-corrected chi connectivity index (χ4v) is 3.18. The number of hydrogen-bond donors (Lipinski definition) is 0. The van der Waals surface area contributed by atoms with E-state index in [0.29, 0.717) is 28.7 Å². The zero-order valence-electron chi connectivity index (χ0n) is 13.4. The Morgan fingerprint density at radius 3 is 2.65 bits per heavy atom. The van der Waals surface area contributed by atoms with Crippen molar-refractivity contribution in [2.24, 2.45) is 7.05 Å². The molecule has 1 fully saturated rings. The van der Waals surface area contributed by atoms with Gasteiger partial charge >= 0.3 is 0 Å². The molecule has 2 aromatic rings. The van der Waals surface area contributed by atoms with E-state index in [2.05, 4.69) is 10.2 Å². The van der Waals surface area contributed by atoms with Crippen LogP contribution in [0.4, 0.5) is 0 Å². The Kier molecular flexibility index (Phi) is 4.56. The van der Waals surface area contributed by atoms with Crippen molar-refractivity contribution in [1.29, 1.82) is 0 Å². The van der Waals surface area contributed by atoms with Crippen LogP contribution in [-0.2, 0) is 7.05 Å². The first-order chi connectivity index (χ1) is 11.1. The van der Waals surface area contributed by atoms with E-state index in [0.717, 1.165) is 11.0 Å². The van der Waals surface area contributed by atoms with Crippen molar-refractivity contribution in [3.8, 4) is 11.5 Å². The standard InChI is InChI=1S/C16H19N3O3S/c1-19-15(10-4-5-10)17-18-16(19)23-9-12(20)11-6-7-13(21-2)14(8-11)22-3/h6-8,10H,4-5,9H2,1-3H3. The molecule has 6 nitrogen and oxygen atoms in total. The van der Waals surface area contributed by atoms with Gasteiger partial charge in [0.25, 0.3) is 0 Å². The molecule has 0 amide bonds. The largest absolute Gasteiger partial charge is 0.493 e. The molecule has 0 bridgehead atoms. The van der Waals surface area contributed by atoms with Crippen LogP contribution in [0.5, 0.6) is 11.5 Å². The van der Waals surface area contributed by atoms with Crippen molar-refractivity contribution in [3.05, 3.63) is 29.6 Å². The van der Waals surface area contributed by atoms with E-state index in [1.54, 1.807) is 32.4 Å². The van der Waals surface area contributed by atoms with E-state index < -0.39 is 0 Å². The third-order valence-corrected chi connectivity index (χ3v) is 4.87. The molecule has 0 unspecified atom stereocenters. The van der Waals surface area contributed by atoms with E-state index in [9.17, 15) is 4.79 Å². The third-order valence-electron chi connectivity index (χ3n) is 3.85. The lowest BCUT2D eigenvalue weighted by Gasteiger charge is -2.09. The van der Waals surface area contributed by atoms with Gasteiger partial charge in [-0.3, -0.25) is 4.79 Å². The highest BCUT2D eigenvalue weighted by Gasteiger charge is 2.29. The number of Topliss-reactive ketones (excluding diaryl/α,β-unsaturated/α-hetero) is 1. The predicted molar refractivity (Wildman–Crippen MR) is 87.6 cm³/mol. The maximum atomic E-state index is 12.4. The second-order valence-corrected chi connectivity index (χ2v) is 6.40. The molecule has 1 saturated carbocycles. The van der Waals surface area contributed by atoms with Gasteiger partial charge in [-0.1, -0.05) is 11.8 Å². The average molecular weight is 333 g/mol. The van der Waals surface area contributed by atoms with Crippen LogP contribution in [0, 0.1) is 0 Å². The highest BCUT2D eigenvalue weighted by molar-refractivity contribution is 7.99. The number of carbonyl (C=O) groups is 1. The molecule has 0 saturated heterocycles. The minimum Gasteiger partial charge on any atom is -0.493 e. The van der Waals surface area contributed by atoms with E-state index >= 15 is 0 Å². The molecule has 23 heavy (non-hydrogen) atoms. The quantitative estimate of drug-likeness (QED) is 0.573. The van der Waals surface area contributed by atoms with Crippen LogP contribution >= 0.6 is 11.8 Å². The Labute approximate surface area is 139 Å². The number of ketones is 1. The summed E-state index contributed by atoms with van der Waals surface area (Å²) in [7, 11) is 5.08. The first kappa shape index (κ1) is 15.9. The minimum atomic E-state index is 0.0203. The van der Waals surface area contributed by atoms with Crippen molar-refractivity contribution in [2.45, 2.75) is 23.9 Å². The number of ether oxygens (including phenoxy) is 2. The number of rotatable bonds is 7. The monoisotopic (exact) mass is 333 g/mol. The number of benzene rings is 1. The van der Waals surface area contributed by atoms with Crippen LogP contribution in [0.25, 0.3) is 0 Å². The van der Waals surface area contributed by atoms with Gasteiger partial charge in [0, 0.05) is 18.5 Å². The molecule has 122 valence electrons. The summed E-state index contributed by atoms with van der Waals surface area (Å²) in [6.45, 7) is 0. The predicted octanol–water partition coefficient (Wildman–Crippen LogP) is 2.68. The lowest BCUT2D eigenvalue weighted by atomic mass is 10.1. The van der Waals surface area contributed by atoms with Crippen molar-refractivity contribution < 1.29 is 14.3 Å². The zero-order valence-corrected chi connectivity index (χ0v) is 14.2. The minimum absolute atomic E-state index is 0.0203. The Morgan fingerprint density at radius 1 is 1.26 bits per heavy atom. The summed E-state index contributed by atoms with van der Waals surface area (Å²) in [5, 5.41) is 9.18. The Balaban J connectivity index is 1.67. The Morgan fingerprint density at radius 2 is 2.00 bits per heavy atom. The molecule has 0 N–H and O–H groups in total. The maximum Gasteiger partial charge on any atom is 0.191 e. The molecule has 0 aliphatic heterocycles. The summed E-state index contributed by atoms with van der Waals surface area (Å²) in [5.74, 6) is 3.06. The summed E-state index contributed by atoms with van der Waals surface area (Å²) >= 11 is 1.41. The highest BCUT2D eigenvalue weighted by atomic mass is 32.2. The van der Waals surface area contributed by atoms with Gasteiger partial charge in [-0.05, 0) is 31.0 Å². The second-order valence-electron chi connectivity index (χ2n) is 5.46. The Hall–Kier alpha value is -2.02. The lowest BCUT2D eigenvalue weighted by Crippen LogP contribution is -2.05. The van der Waals surface area contributed by atoms with Gasteiger partial charge in [-0.25, -0.2) is 0 Å². The lowest BCUT2D eigenvalue weighted by molar-refractivity contribution is 0.102. The number of hydrogen-bond acceptors (Lipinski definition) is 6. The molecule has 7 heteroatoms. The maximum absolute atomic E-state index is 12.4. The average Bonchev–Trinajstić information content (AvgIpc) is 3.35. The van der Waals surface area contributed by atoms with Gasteiger partial charge < -0.3 is 14.0 Å². The van der Waals surface area contributed by atoms with Crippen LogP contribution in [0.3, 0.4) is 0 Å². The van der Waals surface area contributed by atoms with Gasteiger partial charge in [0.15, 0.2) is 22.4 Å². The molecule has 1 heterocycles. The molecule has 1 aromatic carbocycles. The van der Waals surface area contributed by atoms with Gasteiger partial charge in [-0.2, -0.15) is 0 Å². The van der Waals surface area contributed by atoms with Crippen molar-refractivity contribution in [2.75, 3.05) is 20.0 Å². The molecule has 0 atom stereocenters. The van der Waals surface area contributed by atoms with Gasteiger partial charge in [-0.15, -0.1) is 10.2 Å². The summed E-state index contributed by atoms with van der Waals surface area (Å²) in [5.41, 5.74) is 0.597. The first-order valence-corrected chi connectivity index (χ1v) is 8.40. The first-order valence-electron chi connectivity index (χ1n) is 7.41. The van der Waals surface area contributed by atoms with E-state index in [-0.39, 0.29) is 5.78 Å². The van der Waals surface area contributed by atoms with Crippen LogP contribution in [0.15, 0.2) is 23.4 Å². The number of nitrogens with zero attached hydrogens (tertiary/aromatic N) is 3. The number of aromatic nitrogens is 3. The fourth-order valence-electron chi connectivity index (χ4n) is 2.37. The van der Waals surface area contributed by atoms with Crippen LogP contribution in [0.2, 0.25) is 0 Å². The number of carbonyl (C=O) groups excluding carboxylic acids is 1. The van der Waals surface area contributed by atoms with Crippen LogP contribution < -0.4 is 9.47 Å². The SMILES string of the molecule is COc1ccc(C(=O)CSc2nnc(C3CC3)n2C)cc1OC. The second kappa shape index (κ2) is 6.62. The van der Waals surface area contributed by atoms with E-state index in [4.69, 9.17) is 9.47 Å². The number of methoxy groups -OCH3 is 2. The van der Waals surface area contributed by atoms with Crippen molar-refractivity contribution in [1.82, 2.24) is 14.8 Å². The molecule has 1 aromatic heterocycles. The number of thioether (sulfide) groups is 1. The van der Waals surface area contributed by atoms with Crippen LogP contribution in [-0.4, -0.2) is 40.5 Å². The van der Waals surface area contributed by atoms with Gasteiger partial charge in [0.2, 0.25) is 0 Å². The molecule has 3 rings (SSSR count). The molecule has 1 aliphatic rings.